The Bertz CT molecular complexity index is 1580. The van der Waals surface area contributed by atoms with E-state index in [0.717, 1.165) is 25.0 Å². The summed E-state index contributed by atoms with van der Waals surface area (Å²) in [6.07, 6.45) is 5.28. The molecular formula is C29H25N5O4S. The number of nitrogens with zero attached hydrogens (tertiary/aromatic N) is 2. The number of nitrogens with one attached hydrogen (secondary N) is 3. The number of pyridine rings is 1. The lowest BCUT2D eigenvalue weighted by atomic mass is 10.1. The van der Waals surface area contributed by atoms with Crippen LogP contribution in [0.5, 0.6) is 11.5 Å². The van der Waals surface area contributed by atoms with Crippen molar-refractivity contribution in [2.75, 3.05) is 10.2 Å². The Kier molecular flexibility index (Phi) is 6.45. The van der Waals surface area contributed by atoms with Gasteiger partial charge in [0.1, 0.15) is 21.2 Å². The predicted octanol–water partition coefficient (Wildman–Crippen LogP) is 5.73. The molecule has 3 N–H and O–H groups in total. The average molecular weight is 540 g/mol. The van der Waals surface area contributed by atoms with E-state index >= 15 is 0 Å². The minimum Gasteiger partial charge on any atom is -0.457 e. The first-order chi connectivity index (χ1) is 19.0. The first-order valence-corrected chi connectivity index (χ1v) is 13.4. The van der Waals surface area contributed by atoms with E-state index in [4.69, 9.17) is 4.74 Å². The van der Waals surface area contributed by atoms with Crippen LogP contribution in [0.3, 0.4) is 0 Å². The molecule has 4 aromatic rings. The van der Waals surface area contributed by atoms with Gasteiger partial charge in [0.25, 0.3) is 5.91 Å². The van der Waals surface area contributed by atoms with Crippen LogP contribution in [0.2, 0.25) is 0 Å². The topological polar surface area (TPSA) is 113 Å². The number of para-hydroxylation sites is 1. The van der Waals surface area contributed by atoms with Crippen LogP contribution in [0.4, 0.5) is 21.9 Å². The predicted molar refractivity (Wildman–Crippen MR) is 151 cm³/mol. The second-order valence-electron chi connectivity index (χ2n) is 9.32. The van der Waals surface area contributed by atoms with Gasteiger partial charge in [0, 0.05) is 18.3 Å². The molecule has 0 unspecified atom stereocenters. The number of carbonyl (C=O) groups excluding carboxylic acids is 3. The Morgan fingerprint density at radius 1 is 1.03 bits per heavy atom. The van der Waals surface area contributed by atoms with Crippen molar-refractivity contribution in [2.24, 2.45) is 0 Å². The molecule has 1 aliphatic carbocycles. The molecule has 2 atom stereocenters. The molecule has 10 heteroatoms. The van der Waals surface area contributed by atoms with Crippen LogP contribution in [0.1, 0.15) is 28.9 Å². The number of ether oxygens (including phenoxy) is 1. The monoisotopic (exact) mass is 539 g/mol. The number of urea groups is 1. The highest BCUT2D eigenvalue weighted by Gasteiger charge is 2.35. The van der Waals surface area contributed by atoms with Crippen molar-refractivity contribution in [1.82, 2.24) is 15.6 Å². The van der Waals surface area contributed by atoms with Gasteiger partial charge < -0.3 is 20.7 Å². The van der Waals surface area contributed by atoms with E-state index in [9.17, 15) is 14.4 Å². The highest BCUT2D eigenvalue weighted by Crippen LogP contribution is 2.46. The fourth-order valence-electron chi connectivity index (χ4n) is 5.07. The quantitative estimate of drug-likeness (QED) is 0.260. The number of rotatable bonds is 7. The highest BCUT2D eigenvalue weighted by atomic mass is 32.1. The molecule has 0 bridgehead atoms. The molecule has 1 saturated carbocycles. The van der Waals surface area contributed by atoms with E-state index in [1.54, 1.807) is 29.3 Å². The van der Waals surface area contributed by atoms with Crippen molar-refractivity contribution in [3.8, 4) is 11.5 Å². The number of hydrogen-bond donors (Lipinski definition) is 3. The molecule has 0 spiro atoms. The van der Waals surface area contributed by atoms with E-state index in [-0.39, 0.29) is 29.9 Å². The summed E-state index contributed by atoms with van der Waals surface area (Å²) in [7, 11) is 0. The van der Waals surface area contributed by atoms with Crippen LogP contribution in [0.25, 0.3) is 10.2 Å². The normalized spacial score (nSPS) is 17.9. The Morgan fingerprint density at radius 3 is 2.49 bits per heavy atom. The summed E-state index contributed by atoms with van der Waals surface area (Å²) < 4.78 is 5.88. The number of carbonyl (C=O) groups is 3. The maximum absolute atomic E-state index is 13.4. The Morgan fingerprint density at radius 2 is 1.74 bits per heavy atom. The SMILES string of the molecule is C=CC(=O)N[C@H]1CCC[C@H]1NC(=O)c1sc2nccc3c2c1NC(=O)N3c1ccc(Oc2ccccc2)cc1. The zero-order valence-corrected chi connectivity index (χ0v) is 21.7. The minimum atomic E-state index is -0.379. The van der Waals surface area contributed by atoms with Gasteiger partial charge in [-0.05, 0) is 67.8 Å². The molecule has 2 aromatic carbocycles. The van der Waals surface area contributed by atoms with Gasteiger partial charge in [-0.15, -0.1) is 11.3 Å². The molecule has 9 nitrogen and oxygen atoms in total. The van der Waals surface area contributed by atoms with Crippen molar-refractivity contribution in [2.45, 2.75) is 31.3 Å². The Hall–Kier alpha value is -4.70. The lowest BCUT2D eigenvalue weighted by molar-refractivity contribution is -0.117. The third-order valence-electron chi connectivity index (χ3n) is 6.87. The fourth-order valence-corrected chi connectivity index (χ4v) is 6.09. The summed E-state index contributed by atoms with van der Waals surface area (Å²) >= 11 is 1.23. The first-order valence-electron chi connectivity index (χ1n) is 12.6. The lowest BCUT2D eigenvalue weighted by Gasteiger charge is -2.28. The first kappa shape index (κ1) is 24.6. The molecular weight excluding hydrogens is 514 g/mol. The van der Waals surface area contributed by atoms with E-state index in [1.165, 1.54) is 17.4 Å². The van der Waals surface area contributed by atoms with Crippen LogP contribution in [0.15, 0.2) is 79.5 Å². The van der Waals surface area contributed by atoms with E-state index < -0.39 is 0 Å². The van der Waals surface area contributed by atoms with Crippen molar-refractivity contribution in [1.29, 1.82) is 0 Å². The summed E-state index contributed by atoms with van der Waals surface area (Å²) in [5, 5.41) is 9.57. The van der Waals surface area contributed by atoms with Gasteiger partial charge in [-0.2, -0.15) is 0 Å². The standard InChI is InChI=1S/C29H25N5O4S/c1-2-23(35)31-20-9-6-10-21(20)32-27(36)26-25-24-22(15-16-30-28(24)39-26)34(29(37)33-25)17-11-13-19(14-12-17)38-18-7-4-3-5-8-18/h2-5,7-8,11-16,20-21H,1,6,9-10H2,(H,31,35)(H,32,36)(H,33,37)/t20-,21+/m0/s1. The molecule has 3 heterocycles. The number of thiophene rings is 1. The van der Waals surface area contributed by atoms with Gasteiger partial charge in [-0.1, -0.05) is 24.8 Å². The molecule has 0 saturated heterocycles. The summed E-state index contributed by atoms with van der Waals surface area (Å²) in [4.78, 5) is 45.6. The average Bonchev–Trinajstić information content (AvgIpc) is 3.54. The van der Waals surface area contributed by atoms with E-state index in [2.05, 4.69) is 27.5 Å². The van der Waals surface area contributed by atoms with Crippen LogP contribution < -0.4 is 25.6 Å². The van der Waals surface area contributed by atoms with Crippen molar-refractivity contribution in [3.05, 3.63) is 84.4 Å². The molecule has 39 heavy (non-hydrogen) atoms. The second kappa shape index (κ2) is 10.2. The van der Waals surface area contributed by atoms with Crippen LogP contribution in [-0.2, 0) is 4.79 Å². The van der Waals surface area contributed by atoms with E-state index in [0.29, 0.717) is 37.9 Å². The number of anilines is 3. The zero-order valence-electron chi connectivity index (χ0n) is 20.8. The maximum Gasteiger partial charge on any atom is 0.331 e. The molecule has 0 radical (unpaired) electrons. The maximum atomic E-state index is 13.4. The third kappa shape index (κ3) is 4.70. The molecule has 2 aromatic heterocycles. The second-order valence-corrected chi connectivity index (χ2v) is 10.3. The zero-order chi connectivity index (χ0) is 26.9. The van der Waals surface area contributed by atoms with Gasteiger partial charge >= 0.3 is 6.03 Å². The lowest BCUT2D eigenvalue weighted by Crippen LogP contribution is -2.48. The number of amides is 4. The van der Waals surface area contributed by atoms with Crippen LogP contribution in [0, 0.1) is 0 Å². The summed E-state index contributed by atoms with van der Waals surface area (Å²) in [5.41, 5.74) is 1.74. The molecule has 2 aliphatic rings. The molecule has 1 aliphatic heterocycles. The van der Waals surface area contributed by atoms with Crippen LogP contribution in [-0.4, -0.2) is 34.9 Å². The number of hydrogen-bond acceptors (Lipinski definition) is 6. The smallest absolute Gasteiger partial charge is 0.331 e. The Balaban J connectivity index is 1.27. The fraction of sp³-hybridized carbons (Fsp3) is 0.172. The molecule has 1 fully saturated rings. The van der Waals surface area contributed by atoms with Crippen molar-refractivity contribution >= 4 is 56.5 Å². The van der Waals surface area contributed by atoms with Gasteiger partial charge in [0.15, 0.2) is 0 Å². The number of aromatic nitrogens is 1. The summed E-state index contributed by atoms with van der Waals surface area (Å²) in [5.74, 6) is 0.795. The molecule has 4 amide bonds. The van der Waals surface area contributed by atoms with Gasteiger partial charge in [0.2, 0.25) is 5.91 Å². The summed E-state index contributed by atoms with van der Waals surface area (Å²) in [6, 6.07) is 17.7. The van der Waals surface area contributed by atoms with Gasteiger partial charge in [0.05, 0.1) is 22.4 Å². The number of benzene rings is 2. The van der Waals surface area contributed by atoms with Crippen molar-refractivity contribution < 1.29 is 19.1 Å². The highest BCUT2D eigenvalue weighted by molar-refractivity contribution is 7.21. The van der Waals surface area contributed by atoms with Crippen molar-refractivity contribution in [3.63, 3.8) is 0 Å². The largest absolute Gasteiger partial charge is 0.457 e. The van der Waals surface area contributed by atoms with Crippen LogP contribution >= 0.6 is 11.3 Å². The molecule has 6 rings (SSSR count). The summed E-state index contributed by atoms with van der Waals surface area (Å²) in [6.45, 7) is 3.50. The Labute approximate surface area is 228 Å². The van der Waals surface area contributed by atoms with E-state index in [1.807, 2.05) is 42.5 Å². The third-order valence-corrected chi connectivity index (χ3v) is 7.97. The van der Waals surface area contributed by atoms with Gasteiger partial charge in [-0.3, -0.25) is 14.5 Å². The van der Waals surface area contributed by atoms with Gasteiger partial charge in [-0.25, -0.2) is 9.78 Å². The molecule has 196 valence electrons. The minimum absolute atomic E-state index is 0.169.